The van der Waals surface area contributed by atoms with Crippen molar-refractivity contribution in [2.24, 2.45) is 0 Å². The molecule has 1 unspecified atom stereocenters. The third-order valence-corrected chi connectivity index (χ3v) is 5.70. The van der Waals surface area contributed by atoms with E-state index in [4.69, 9.17) is 18.9 Å². The normalized spacial score (nSPS) is 18.0. The molecule has 0 fully saturated rings. The average molecular weight is 356 g/mol. The van der Waals surface area contributed by atoms with Crippen molar-refractivity contribution in [2.45, 2.75) is 38.0 Å². The second-order valence-corrected chi connectivity index (χ2v) is 7.28. The SMILES string of the molecule is COc1cc(OC)c2c(c1)C(C)(C)C(c1ccc(OC)c(OC)c1)CC2. The van der Waals surface area contributed by atoms with Crippen LogP contribution in [0.5, 0.6) is 23.0 Å². The quantitative estimate of drug-likeness (QED) is 0.776. The van der Waals surface area contributed by atoms with Gasteiger partial charge in [0.15, 0.2) is 11.5 Å². The molecule has 4 nitrogen and oxygen atoms in total. The Morgan fingerprint density at radius 1 is 0.808 bits per heavy atom. The highest BCUT2D eigenvalue weighted by molar-refractivity contribution is 5.54. The van der Waals surface area contributed by atoms with Gasteiger partial charge < -0.3 is 18.9 Å². The van der Waals surface area contributed by atoms with Gasteiger partial charge >= 0.3 is 0 Å². The van der Waals surface area contributed by atoms with Gasteiger partial charge in [0.25, 0.3) is 0 Å². The Bertz CT molecular complexity index is 795. The molecule has 0 N–H and O–H groups in total. The molecule has 0 aromatic heterocycles. The van der Waals surface area contributed by atoms with Crippen LogP contribution in [0.2, 0.25) is 0 Å². The van der Waals surface area contributed by atoms with Crippen LogP contribution < -0.4 is 18.9 Å². The van der Waals surface area contributed by atoms with Gasteiger partial charge in [0.05, 0.1) is 28.4 Å². The Balaban J connectivity index is 2.08. The van der Waals surface area contributed by atoms with Crippen molar-refractivity contribution >= 4 is 0 Å². The fraction of sp³-hybridized carbons (Fsp3) is 0.455. The first kappa shape index (κ1) is 18.4. The summed E-state index contributed by atoms with van der Waals surface area (Å²) in [5.41, 5.74) is 3.78. The highest BCUT2D eigenvalue weighted by Crippen LogP contribution is 2.51. The lowest BCUT2D eigenvalue weighted by Gasteiger charge is -2.41. The second kappa shape index (κ2) is 7.10. The molecule has 2 aromatic carbocycles. The predicted octanol–water partition coefficient (Wildman–Crippen LogP) is 4.73. The third kappa shape index (κ3) is 2.98. The van der Waals surface area contributed by atoms with Crippen molar-refractivity contribution in [1.29, 1.82) is 0 Å². The molecular formula is C22H28O4. The monoisotopic (exact) mass is 356 g/mol. The maximum Gasteiger partial charge on any atom is 0.160 e. The van der Waals surface area contributed by atoms with Crippen LogP contribution in [-0.2, 0) is 11.8 Å². The van der Waals surface area contributed by atoms with Gasteiger partial charge in [0.2, 0.25) is 0 Å². The van der Waals surface area contributed by atoms with E-state index in [1.54, 1.807) is 28.4 Å². The topological polar surface area (TPSA) is 36.9 Å². The van der Waals surface area contributed by atoms with E-state index in [1.807, 2.05) is 12.1 Å². The molecule has 1 aliphatic carbocycles. The molecule has 0 bridgehead atoms. The Hall–Kier alpha value is -2.36. The molecule has 2 aromatic rings. The zero-order valence-corrected chi connectivity index (χ0v) is 16.5. The van der Waals surface area contributed by atoms with E-state index in [0.717, 1.165) is 35.8 Å². The van der Waals surface area contributed by atoms with Crippen molar-refractivity contribution in [3.63, 3.8) is 0 Å². The summed E-state index contributed by atoms with van der Waals surface area (Å²) in [6, 6.07) is 10.4. The second-order valence-electron chi connectivity index (χ2n) is 7.28. The van der Waals surface area contributed by atoms with Gasteiger partial charge in [-0.25, -0.2) is 0 Å². The maximum atomic E-state index is 5.64. The van der Waals surface area contributed by atoms with Crippen molar-refractivity contribution in [3.8, 4) is 23.0 Å². The minimum absolute atomic E-state index is 0.0605. The van der Waals surface area contributed by atoms with Gasteiger partial charge in [0, 0.05) is 6.07 Å². The molecule has 140 valence electrons. The lowest BCUT2D eigenvalue weighted by molar-refractivity contribution is 0.336. The van der Waals surface area contributed by atoms with E-state index >= 15 is 0 Å². The molecule has 1 aliphatic rings. The molecule has 0 saturated carbocycles. The molecule has 0 radical (unpaired) electrons. The fourth-order valence-electron chi connectivity index (χ4n) is 4.24. The number of hydrogen-bond donors (Lipinski definition) is 0. The summed E-state index contributed by atoms with van der Waals surface area (Å²) in [7, 11) is 6.76. The molecular weight excluding hydrogens is 328 g/mol. The van der Waals surface area contributed by atoms with Crippen LogP contribution in [-0.4, -0.2) is 28.4 Å². The molecule has 0 heterocycles. The number of benzene rings is 2. The molecule has 1 atom stereocenters. The van der Waals surface area contributed by atoms with Crippen molar-refractivity contribution < 1.29 is 18.9 Å². The third-order valence-electron chi connectivity index (χ3n) is 5.70. The van der Waals surface area contributed by atoms with Gasteiger partial charge in [-0.05, 0) is 59.1 Å². The Morgan fingerprint density at radius 2 is 1.50 bits per heavy atom. The maximum absolute atomic E-state index is 5.64. The van der Waals surface area contributed by atoms with E-state index < -0.39 is 0 Å². The zero-order chi connectivity index (χ0) is 18.9. The van der Waals surface area contributed by atoms with E-state index in [9.17, 15) is 0 Å². The number of hydrogen-bond acceptors (Lipinski definition) is 4. The summed E-state index contributed by atoms with van der Waals surface area (Å²) in [5.74, 6) is 3.65. The van der Waals surface area contributed by atoms with Crippen molar-refractivity contribution in [2.75, 3.05) is 28.4 Å². The number of methoxy groups -OCH3 is 4. The van der Waals surface area contributed by atoms with Gasteiger partial charge in [-0.3, -0.25) is 0 Å². The lowest BCUT2D eigenvalue weighted by Crippen LogP contribution is -2.32. The highest BCUT2D eigenvalue weighted by atomic mass is 16.5. The van der Waals surface area contributed by atoms with E-state index in [1.165, 1.54) is 16.7 Å². The summed E-state index contributed by atoms with van der Waals surface area (Å²) in [4.78, 5) is 0. The number of rotatable bonds is 5. The van der Waals surface area contributed by atoms with Gasteiger partial charge in [-0.2, -0.15) is 0 Å². The number of ether oxygens (including phenoxy) is 4. The largest absolute Gasteiger partial charge is 0.497 e. The van der Waals surface area contributed by atoms with E-state index in [-0.39, 0.29) is 5.41 Å². The lowest BCUT2D eigenvalue weighted by atomic mass is 9.63. The Labute approximate surface area is 156 Å². The minimum atomic E-state index is -0.0605. The van der Waals surface area contributed by atoms with E-state index in [0.29, 0.717) is 5.92 Å². The smallest absolute Gasteiger partial charge is 0.160 e. The Kier molecular flexibility index (Phi) is 5.03. The summed E-state index contributed by atoms with van der Waals surface area (Å²) >= 11 is 0. The molecule has 26 heavy (non-hydrogen) atoms. The fourth-order valence-corrected chi connectivity index (χ4v) is 4.24. The number of fused-ring (bicyclic) bond motifs is 1. The van der Waals surface area contributed by atoms with Crippen LogP contribution in [0.25, 0.3) is 0 Å². The molecule has 4 heteroatoms. The van der Waals surface area contributed by atoms with Gasteiger partial charge in [0.1, 0.15) is 11.5 Å². The van der Waals surface area contributed by atoms with Crippen LogP contribution in [0.3, 0.4) is 0 Å². The van der Waals surface area contributed by atoms with Crippen LogP contribution in [0.1, 0.15) is 42.9 Å². The van der Waals surface area contributed by atoms with Crippen molar-refractivity contribution in [3.05, 3.63) is 47.0 Å². The average Bonchev–Trinajstić information content (AvgIpc) is 2.66. The molecule has 3 rings (SSSR count). The molecule has 0 aliphatic heterocycles. The summed E-state index contributed by atoms with van der Waals surface area (Å²) in [6.45, 7) is 4.59. The first-order chi connectivity index (χ1) is 12.5. The molecule has 0 saturated heterocycles. The predicted molar refractivity (Wildman–Crippen MR) is 103 cm³/mol. The van der Waals surface area contributed by atoms with Crippen molar-refractivity contribution in [1.82, 2.24) is 0 Å². The first-order valence-corrected chi connectivity index (χ1v) is 8.93. The van der Waals surface area contributed by atoms with Crippen LogP contribution >= 0.6 is 0 Å². The van der Waals surface area contributed by atoms with Crippen LogP contribution in [0, 0.1) is 0 Å². The summed E-state index contributed by atoms with van der Waals surface area (Å²) < 4.78 is 22.0. The summed E-state index contributed by atoms with van der Waals surface area (Å²) in [5, 5.41) is 0. The highest BCUT2D eigenvalue weighted by Gasteiger charge is 2.39. The van der Waals surface area contributed by atoms with Gasteiger partial charge in [-0.1, -0.05) is 19.9 Å². The summed E-state index contributed by atoms with van der Waals surface area (Å²) in [6.07, 6.45) is 2.03. The van der Waals surface area contributed by atoms with E-state index in [2.05, 4.69) is 32.0 Å². The molecule has 0 amide bonds. The standard InChI is InChI=1S/C22H28O4/c1-22(2)17(14-7-10-19(24-4)21(11-14)26-6)9-8-16-18(22)12-15(23-3)13-20(16)25-5/h7,10-13,17H,8-9H2,1-6H3. The first-order valence-electron chi connectivity index (χ1n) is 8.93. The Morgan fingerprint density at radius 3 is 2.12 bits per heavy atom. The zero-order valence-electron chi connectivity index (χ0n) is 16.5. The van der Waals surface area contributed by atoms with Crippen LogP contribution in [0.4, 0.5) is 0 Å². The molecule has 0 spiro atoms. The van der Waals surface area contributed by atoms with Gasteiger partial charge in [-0.15, -0.1) is 0 Å². The van der Waals surface area contributed by atoms with Crippen LogP contribution in [0.15, 0.2) is 30.3 Å². The minimum Gasteiger partial charge on any atom is -0.497 e.